The van der Waals surface area contributed by atoms with Gasteiger partial charge < -0.3 is 10.2 Å². The molecule has 0 saturated carbocycles. The summed E-state index contributed by atoms with van der Waals surface area (Å²) in [4.78, 5) is 29.3. The van der Waals surface area contributed by atoms with Gasteiger partial charge in [0.25, 0.3) is 0 Å². The molecule has 0 spiro atoms. The van der Waals surface area contributed by atoms with Gasteiger partial charge in [-0.25, -0.2) is 8.42 Å². The minimum atomic E-state index is -3.98. The maximum Gasteiger partial charge on any atom is 0.243 e. The van der Waals surface area contributed by atoms with E-state index < -0.39 is 28.5 Å². The van der Waals surface area contributed by atoms with Crippen molar-refractivity contribution in [3.63, 3.8) is 0 Å². The predicted molar refractivity (Wildman–Crippen MR) is 167 cm³/mol. The molecule has 4 rings (SSSR count). The van der Waals surface area contributed by atoms with Crippen molar-refractivity contribution in [3.8, 4) is 0 Å². The van der Waals surface area contributed by atoms with Crippen LogP contribution < -0.4 is 5.32 Å². The Kier molecular flexibility index (Phi) is 10.5. The van der Waals surface area contributed by atoms with Gasteiger partial charge in [-0.2, -0.15) is 4.31 Å². The molecule has 0 aliphatic heterocycles. The van der Waals surface area contributed by atoms with E-state index in [9.17, 15) is 18.0 Å². The zero-order chi connectivity index (χ0) is 30.1. The van der Waals surface area contributed by atoms with Crippen LogP contribution in [0.1, 0.15) is 36.5 Å². The van der Waals surface area contributed by atoms with Gasteiger partial charge in [0.05, 0.1) is 11.4 Å². The molecule has 0 saturated heterocycles. The van der Waals surface area contributed by atoms with Crippen LogP contribution in [0.5, 0.6) is 0 Å². The van der Waals surface area contributed by atoms with Gasteiger partial charge in [0.1, 0.15) is 6.04 Å². The first-order chi connectivity index (χ1) is 20.2. The standard InChI is InChI=1S/C34H39N3O4S/c1-4-5-21-35-34(39)32(22-27-14-7-6-8-15-27)37(24-30-18-10-9-13-26(30)2)33(38)25-36(3)42(40,41)31-20-19-28-16-11-12-17-29(28)23-31/h6-20,23,32H,4-5,21-22,24-25H2,1-3H3,(H,35,39)/t32-/m0/s1. The van der Waals surface area contributed by atoms with Crippen molar-refractivity contribution in [2.45, 2.75) is 50.6 Å². The number of nitrogens with one attached hydrogen (secondary N) is 1. The Hall–Kier alpha value is -4.01. The van der Waals surface area contributed by atoms with Crippen LogP contribution in [0.2, 0.25) is 0 Å². The quantitative estimate of drug-likeness (QED) is 0.215. The number of sulfonamides is 1. The number of carbonyl (C=O) groups is 2. The highest BCUT2D eigenvalue weighted by molar-refractivity contribution is 7.89. The van der Waals surface area contributed by atoms with Crippen LogP contribution in [-0.2, 0) is 32.6 Å². The Morgan fingerprint density at radius 3 is 2.24 bits per heavy atom. The molecule has 0 aliphatic carbocycles. The Morgan fingerprint density at radius 2 is 1.52 bits per heavy atom. The van der Waals surface area contributed by atoms with Crippen molar-refractivity contribution in [1.29, 1.82) is 0 Å². The van der Waals surface area contributed by atoms with Crippen LogP contribution in [0.15, 0.2) is 102 Å². The van der Waals surface area contributed by atoms with Gasteiger partial charge in [0, 0.05) is 26.6 Å². The number of amides is 2. The molecule has 1 atom stereocenters. The summed E-state index contributed by atoms with van der Waals surface area (Å²) in [5.41, 5.74) is 2.79. The first kappa shape index (κ1) is 30.9. The number of benzene rings is 4. The maximum absolute atomic E-state index is 14.1. The molecule has 0 aliphatic rings. The number of nitrogens with zero attached hydrogens (tertiary/aromatic N) is 2. The largest absolute Gasteiger partial charge is 0.354 e. The number of unbranched alkanes of at least 4 members (excludes halogenated alkanes) is 1. The van der Waals surface area contributed by atoms with E-state index >= 15 is 0 Å². The van der Waals surface area contributed by atoms with Crippen LogP contribution in [0.4, 0.5) is 0 Å². The van der Waals surface area contributed by atoms with Gasteiger partial charge in [0.2, 0.25) is 21.8 Å². The second-order valence-corrected chi connectivity index (χ2v) is 12.6. The van der Waals surface area contributed by atoms with Crippen molar-refractivity contribution < 1.29 is 18.0 Å². The molecule has 4 aromatic carbocycles. The number of hydrogen-bond acceptors (Lipinski definition) is 4. The van der Waals surface area contributed by atoms with Crippen LogP contribution in [0.25, 0.3) is 10.8 Å². The molecular formula is C34H39N3O4S. The first-order valence-electron chi connectivity index (χ1n) is 14.3. The SMILES string of the molecule is CCCCNC(=O)[C@H](Cc1ccccc1)N(Cc1ccccc1C)C(=O)CN(C)S(=O)(=O)c1ccc2ccccc2c1. The van der Waals surface area contributed by atoms with E-state index in [1.165, 1.54) is 11.9 Å². The molecule has 220 valence electrons. The summed E-state index contributed by atoms with van der Waals surface area (Å²) >= 11 is 0. The fraction of sp³-hybridized carbons (Fsp3) is 0.294. The minimum Gasteiger partial charge on any atom is -0.354 e. The topological polar surface area (TPSA) is 86.8 Å². The maximum atomic E-state index is 14.1. The van der Waals surface area contributed by atoms with E-state index in [1.54, 1.807) is 18.2 Å². The minimum absolute atomic E-state index is 0.111. The van der Waals surface area contributed by atoms with Gasteiger partial charge >= 0.3 is 0 Å². The van der Waals surface area contributed by atoms with Gasteiger partial charge in [0.15, 0.2) is 0 Å². The van der Waals surface area contributed by atoms with Crippen LogP contribution >= 0.6 is 0 Å². The van der Waals surface area contributed by atoms with Gasteiger partial charge in [-0.15, -0.1) is 0 Å². The number of aryl methyl sites for hydroxylation is 1. The molecule has 0 heterocycles. The molecule has 0 unspecified atom stereocenters. The zero-order valence-electron chi connectivity index (χ0n) is 24.5. The number of likely N-dealkylation sites (N-methyl/N-ethyl adjacent to an activating group) is 1. The highest BCUT2D eigenvalue weighted by Gasteiger charge is 2.33. The normalized spacial score (nSPS) is 12.3. The van der Waals surface area contributed by atoms with Gasteiger partial charge in [-0.3, -0.25) is 9.59 Å². The Morgan fingerprint density at radius 1 is 0.857 bits per heavy atom. The third kappa shape index (κ3) is 7.63. The number of rotatable bonds is 13. The summed E-state index contributed by atoms with van der Waals surface area (Å²) in [6.07, 6.45) is 2.05. The van der Waals surface area contributed by atoms with E-state index in [2.05, 4.69) is 5.32 Å². The first-order valence-corrected chi connectivity index (χ1v) is 15.8. The summed E-state index contributed by atoms with van der Waals surface area (Å²) in [5.74, 6) is -0.703. The monoisotopic (exact) mass is 585 g/mol. The van der Waals surface area contributed by atoms with E-state index in [0.717, 1.165) is 44.6 Å². The van der Waals surface area contributed by atoms with Gasteiger partial charge in [-0.1, -0.05) is 98.3 Å². The van der Waals surface area contributed by atoms with Crippen molar-refractivity contribution in [2.75, 3.05) is 20.1 Å². The highest BCUT2D eigenvalue weighted by atomic mass is 32.2. The van der Waals surface area contributed by atoms with Crippen molar-refractivity contribution in [3.05, 3.63) is 114 Å². The van der Waals surface area contributed by atoms with Gasteiger partial charge in [-0.05, 0) is 52.9 Å². The number of hydrogen-bond donors (Lipinski definition) is 1. The Labute approximate surface area is 249 Å². The van der Waals surface area contributed by atoms with E-state index in [4.69, 9.17) is 0 Å². The lowest BCUT2D eigenvalue weighted by Crippen LogP contribution is -2.53. The van der Waals surface area contributed by atoms with Crippen LogP contribution in [0, 0.1) is 6.92 Å². The molecule has 0 fully saturated rings. The smallest absolute Gasteiger partial charge is 0.243 e. The summed E-state index contributed by atoms with van der Waals surface area (Å²) in [5, 5.41) is 4.73. The average molecular weight is 586 g/mol. The van der Waals surface area contributed by atoms with E-state index in [1.807, 2.05) is 92.7 Å². The Balaban J connectivity index is 1.66. The predicted octanol–water partition coefficient (Wildman–Crippen LogP) is 5.33. The fourth-order valence-electron chi connectivity index (χ4n) is 4.91. The summed E-state index contributed by atoms with van der Waals surface area (Å²) in [6.45, 7) is 4.28. The molecule has 4 aromatic rings. The van der Waals surface area contributed by atoms with Crippen LogP contribution in [0.3, 0.4) is 0 Å². The second-order valence-electron chi connectivity index (χ2n) is 10.6. The molecule has 0 radical (unpaired) electrons. The molecule has 2 amide bonds. The van der Waals surface area contributed by atoms with E-state index in [0.29, 0.717) is 13.0 Å². The molecule has 0 bridgehead atoms. The third-order valence-electron chi connectivity index (χ3n) is 7.49. The van der Waals surface area contributed by atoms with Crippen molar-refractivity contribution in [2.24, 2.45) is 0 Å². The van der Waals surface area contributed by atoms with Crippen molar-refractivity contribution >= 4 is 32.6 Å². The molecule has 0 aromatic heterocycles. The summed E-state index contributed by atoms with van der Waals surface area (Å²) in [7, 11) is -2.57. The molecule has 7 nitrogen and oxygen atoms in total. The molecule has 8 heteroatoms. The highest BCUT2D eigenvalue weighted by Crippen LogP contribution is 2.22. The third-order valence-corrected chi connectivity index (χ3v) is 9.29. The average Bonchev–Trinajstić information content (AvgIpc) is 3.00. The van der Waals surface area contributed by atoms with E-state index in [-0.39, 0.29) is 17.3 Å². The van der Waals surface area contributed by atoms with Crippen LogP contribution in [-0.4, -0.2) is 55.6 Å². The Bertz CT molecular complexity index is 1620. The molecule has 42 heavy (non-hydrogen) atoms. The second kappa shape index (κ2) is 14.2. The summed E-state index contributed by atoms with van der Waals surface area (Å²) in [6, 6.07) is 28.9. The lowest BCUT2D eigenvalue weighted by atomic mass is 10.0. The number of carbonyl (C=O) groups excluding carboxylic acids is 2. The molecule has 1 N–H and O–H groups in total. The summed E-state index contributed by atoms with van der Waals surface area (Å²) < 4.78 is 28.3. The van der Waals surface area contributed by atoms with Crippen molar-refractivity contribution in [1.82, 2.24) is 14.5 Å². The number of fused-ring (bicyclic) bond motifs is 1. The lowest BCUT2D eigenvalue weighted by Gasteiger charge is -2.33. The zero-order valence-corrected chi connectivity index (χ0v) is 25.3. The molecular weight excluding hydrogens is 546 g/mol. The lowest BCUT2D eigenvalue weighted by molar-refractivity contribution is -0.141. The fourth-order valence-corrected chi connectivity index (χ4v) is 6.06.